The van der Waals surface area contributed by atoms with Gasteiger partial charge in [0.2, 0.25) is 0 Å². The van der Waals surface area contributed by atoms with Crippen molar-refractivity contribution in [3.63, 3.8) is 0 Å². The predicted octanol–water partition coefficient (Wildman–Crippen LogP) is 2.48. The number of rotatable bonds is 1. The Labute approximate surface area is 71.7 Å². The molecule has 0 aliphatic heterocycles. The molecule has 66 valence electrons. The lowest BCUT2D eigenvalue weighted by Gasteiger charge is -1.90. The van der Waals surface area contributed by atoms with Crippen LogP contribution in [0.1, 0.15) is 0 Å². The molecule has 0 aliphatic rings. The maximum absolute atomic E-state index is 12.8. The zero-order chi connectivity index (χ0) is 9.42. The summed E-state index contributed by atoms with van der Waals surface area (Å²) in [5, 5.41) is 10.8. The zero-order valence-electron chi connectivity index (χ0n) is 6.36. The molecule has 2 aromatic rings. The van der Waals surface area contributed by atoms with Gasteiger partial charge in [-0.25, -0.2) is 0 Å². The van der Waals surface area contributed by atoms with Gasteiger partial charge >= 0.3 is 0 Å². The summed E-state index contributed by atoms with van der Waals surface area (Å²) < 4.78 is 17.2. The van der Waals surface area contributed by atoms with Crippen LogP contribution in [0, 0.1) is 16.1 Å². The molecule has 5 heteroatoms. The second-order valence-electron chi connectivity index (χ2n) is 2.50. The highest BCUT2D eigenvalue weighted by Crippen LogP contribution is 2.28. The van der Waals surface area contributed by atoms with E-state index in [-0.39, 0.29) is 16.5 Å². The van der Waals surface area contributed by atoms with Gasteiger partial charge in [-0.15, -0.1) is 0 Å². The quantitative estimate of drug-likeness (QED) is 0.501. The van der Waals surface area contributed by atoms with Gasteiger partial charge in [0.05, 0.1) is 10.3 Å². The first-order valence-corrected chi connectivity index (χ1v) is 3.50. The van der Waals surface area contributed by atoms with Crippen molar-refractivity contribution in [1.29, 1.82) is 0 Å². The molecule has 0 amide bonds. The molecule has 0 atom stereocenters. The van der Waals surface area contributed by atoms with E-state index in [1.807, 2.05) is 0 Å². The minimum Gasteiger partial charge on any atom is -0.438 e. The first-order valence-electron chi connectivity index (χ1n) is 3.50. The number of hydrogen-bond acceptors (Lipinski definition) is 3. The van der Waals surface area contributed by atoms with Gasteiger partial charge < -0.3 is 4.42 Å². The summed E-state index contributed by atoms with van der Waals surface area (Å²) in [5.74, 6) is 0. The molecule has 13 heavy (non-hydrogen) atoms. The van der Waals surface area contributed by atoms with Crippen LogP contribution in [0.2, 0.25) is 0 Å². The Morgan fingerprint density at radius 3 is 2.85 bits per heavy atom. The average molecular weight is 181 g/mol. The summed E-state index contributed by atoms with van der Waals surface area (Å²) in [6, 6.07) is 3.36. The Kier molecular flexibility index (Phi) is 1.51. The van der Waals surface area contributed by atoms with E-state index in [1.54, 1.807) is 0 Å². The van der Waals surface area contributed by atoms with Crippen molar-refractivity contribution in [2.75, 3.05) is 0 Å². The fourth-order valence-corrected chi connectivity index (χ4v) is 1.18. The number of benzene rings is 1. The van der Waals surface area contributed by atoms with E-state index in [0.29, 0.717) is 0 Å². The third-order valence-corrected chi connectivity index (χ3v) is 1.77. The summed E-state index contributed by atoms with van der Waals surface area (Å²) in [6.45, 7) is 0. The molecule has 0 spiro atoms. The molecule has 0 aliphatic carbocycles. The average Bonchev–Trinajstić information content (AvgIpc) is 2.48. The third kappa shape index (κ3) is 1.05. The largest absolute Gasteiger partial charge is 0.438 e. The van der Waals surface area contributed by atoms with Crippen molar-refractivity contribution in [1.82, 2.24) is 0 Å². The highest BCUT2D eigenvalue weighted by atomic mass is 19.1. The van der Waals surface area contributed by atoms with Crippen molar-refractivity contribution in [2.24, 2.45) is 0 Å². The van der Waals surface area contributed by atoms with E-state index in [1.165, 1.54) is 18.2 Å². The SMILES string of the molecule is O=[N+]([O-])c1cccc2c(F)occ12. The van der Waals surface area contributed by atoms with Gasteiger partial charge in [-0.05, 0) is 6.07 Å². The summed E-state index contributed by atoms with van der Waals surface area (Å²) >= 11 is 0. The lowest BCUT2D eigenvalue weighted by molar-refractivity contribution is -0.383. The molecule has 0 saturated heterocycles. The first-order chi connectivity index (χ1) is 6.20. The molecule has 0 radical (unpaired) electrons. The van der Waals surface area contributed by atoms with Gasteiger partial charge in [-0.1, -0.05) is 6.07 Å². The van der Waals surface area contributed by atoms with Crippen molar-refractivity contribution in [2.45, 2.75) is 0 Å². The zero-order valence-corrected chi connectivity index (χ0v) is 6.36. The van der Waals surface area contributed by atoms with E-state index < -0.39 is 10.9 Å². The van der Waals surface area contributed by atoms with Gasteiger partial charge in [0.15, 0.2) is 0 Å². The van der Waals surface area contributed by atoms with Gasteiger partial charge in [0.1, 0.15) is 11.6 Å². The summed E-state index contributed by atoms with van der Waals surface area (Å²) in [7, 11) is 0. The number of nitro groups is 1. The highest BCUT2D eigenvalue weighted by molar-refractivity contribution is 5.89. The van der Waals surface area contributed by atoms with Gasteiger partial charge in [-0.2, -0.15) is 4.39 Å². The maximum atomic E-state index is 12.8. The number of nitrogens with zero attached hydrogens (tertiary/aromatic N) is 1. The van der Waals surface area contributed by atoms with Gasteiger partial charge in [-0.3, -0.25) is 10.1 Å². The molecule has 1 aromatic carbocycles. The van der Waals surface area contributed by atoms with Crippen LogP contribution in [0.4, 0.5) is 10.1 Å². The van der Waals surface area contributed by atoms with E-state index in [2.05, 4.69) is 4.42 Å². The second-order valence-corrected chi connectivity index (χ2v) is 2.50. The van der Waals surface area contributed by atoms with Crippen LogP contribution in [0.5, 0.6) is 0 Å². The maximum Gasteiger partial charge on any atom is 0.285 e. The molecule has 0 bridgehead atoms. The number of hydrogen-bond donors (Lipinski definition) is 0. The highest BCUT2D eigenvalue weighted by Gasteiger charge is 2.15. The fraction of sp³-hybridized carbons (Fsp3) is 0. The van der Waals surface area contributed by atoms with Crippen molar-refractivity contribution >= 4 is 16.5 Å². The Balaban J connectivity index is 2.84. The van der Waals surface area contributed by atoms with Crippen molar-refractivity contribution in [3.8, 4) is 0 Å². The molecule has 0 fully saturated rings. The third-order valence-electron chi connectivity index (χ3n) is 1.77. The topological polar surface area (TPSA) is 56.3 Å². The van der Waals surface area contributed by atoms with Crippen LogP contribution >= 0.6 is 0 Å². The number of non-ortho nitro benzene ring substituents is 1. The Bertz CT molecular complexity index is 477. The second kappa shape index (κ2) is 2.55. The number of halogens is 1. The molecule has 2 rings (SSSR count). The van der Waals surface area contributed by atoms with Crippen molar-refractivity contribution in [3.05, 3.63) is 40.6 Å². The van der Waals surface area contributed by atoms with Crippen LogP contribution in [-0.4, -0.2) is 4.92 Å². The Hall–Kier alpha value is -1.91. The molecular formula is C8H4FNO3. The van der Waals surface area contributed by atoms with Crippen molar-refractivity contribution < 1.29 is 13.7 Å². The minimum atomic E-state index is -0.793. The molecule has 1 heterocycles. The summed E-state index contributed by atoms with van der Waals surface area (Å²) in [5.41, 5.74) is -0.148. The fourth-order valence-electron chi connectivity index (χ4n) is 1.18. The summed E-state index contributed by atoms with van der Waals surface area (Å²) in [4.78, 5) is 9.89. The van der Waals surface area contributed by atoms with Gasteiger partial charge in [0.25, 0.3) is 11.7 Å². The lowest BCUT2D eigenvalue weighted by Crippen LogP contribution is -1.87. The molecule has 1 aromatic heterocycles. The van der Waals surface area contributed by atoms with Crippen LogP contribution in [-0.2, 0) is 0 Å². The molecule has 0 saturated carbocycles. The minimum absolute atomic E-state index is 0.134. The molecule has 0 unspecified atom stereocenters. The monoisotopic (exact) mass is 181 g/mol. The molecule has 4 nitrogen and oxygen atoms in total. The van der Waals surface area contributed by atoms with E-state index in [9.17, 15) is 14.5 Å². The number of furan rings is 1. The van der Waals surface area contributed by atoms with Crippen LogP contribution in [0.3, 0.4) is 0 Å². The van der Waals surface area contributed by atoms with Crippen LogP contribution in [0.15, 0.2) is 28.9 Å². The predicted molar refractivity (Wildman–Crippen MR) is 42.8 cm³/mol. The first kappa shape index (κ1) is 7.72. The Morgan fingerprint density at radius 2 is 2.15 bits per heavy atom. The van der Waals surface area contributed by atoms with Crippen LogP contribution in [0.25, 0.3) is 10.8 Å². The van der Waals surface area contributed by atoms with E-state index >= 15 is 0 Å². The molecular weight excluding hydrogens is 177 g/mol. The van der Waals surface area contributed by atoms with Gasteiger partial charge in [0, 0.05) is 6.07 Å². The normalized spacial score (nSPS) is 10.5. The summed E-state index contributed by atoms with van der Waals surface area (Å²) in [6.07, 6.45) is 1.04. The van der Waals surface area contributed by atoms with Crippen LogP contribution < -0.4 is 0 Å². The number of nitro benzene ring substituents is 1. The smallest absolute Gasteiger partial charge is 0.285 e. The van der Waals surface area contributed by atoms with E-state index in [0.717, 1.165) is 6.26 Å². The Morgan fingerprint density at radius 1 is 1.38 bits per heavy atom. The van der Waals surface area contributed by atoms with E-state index in [4.69, 9.17) is 0 Å². The number of fused-ring (bicyclic) bond motifs is 1. The standard InChI is InChI=1S/C8H4FNO3/c9-8-5-2-1-3-7(10(11)12)6(5)4-13-8/h1-4H. The lowest BCUT2D eigenvalue weighted by atomic mass is 10.2. The molecule has 0 N–H and O–H groups in total.